The molecule has 0 saturated heterocycles. The maximum absolute atomic E-state index is 3.93. The molecule has 0 N–H and O–H groups in total. The predicted molar refractivity (Wildman–Crippen MR) is 61.8 cm³/mol. The summed E-state index contributed by atoms with van der Waals surface area (Å²) in [4.78, 5) is 0. The smallest absolute Gasteiger partial charge is 0.0196 e. The number of rotatable bonds is 1. The van der Waals surface area contributed by atoms with Crippen LogP contribution >= 0.6 is 0 Å². The molecule has 0 bridgehead atoms. The van der Waals surface area contributed by atoms with Crippen molar-refractivity contribution in [2.24, 2.45) is 5.92 Å². The summed E-state index contributed by atoms with van der Waals surface area (Å²) < 4.78 is 0. The molecule has 0 nitrogen and oxygen atoms in total. The van der Waals surface area contributed by atoms with Crippen LogP contribution in [0.2, 0.25) is 0 Å². The van der Waals surface area contributed by atoms with Gasteiger partial charge in [0.15, 0.2) is 0 Å². The molecule has 0 aliphatic heterocycles. The lowest BCUT2D eigenvalue weighted by molar-refractivity contribution is 0.682. The van der Waals surface area contributed by atoms with Crippen LogP contribution in [0.3, 0.4) is 0 Å². The first-order valence-electron chi connectivity index (χ1n) is 5.15. The minimum absolute atomic E-state index is 0.720. The SMILES string of the molecule is C=C(C)C1=CCC(C)C(C)=C1.CC. The van der Waals surface area contributed by atoms with E-state index in [0.29, 0.717) is 0 Å². The Balaban J connectivity index is 0.000000671. The summed E-state index contributed by atoms with van der Waals surface area (Å²) in [5, 5.41) is 0. The maximum atomic E-state index is 3.93. The van der Waals surface area contributed by atoms with E-state index in [1.54, 1.807) is 0 Å². The van der Waals surface area contributed by atoms with Crippen LogP contribution < -0.4 is 0 Å². The molecule has 74 valence electrons. The average molecular weight is 178 g/mol. The molecule has 1 aliphatic carbocycles. The molecule has 0 heterocycles. The van der Waals surface area contributed by atoms with E-state index in [1.165, 1.54) is 23.1 Å². The minimum Gasteiger partial charge on any atom is -0.0955 e. The molecule has 0 aromatic carbocycles. The molecule has 1 atom stereocenters. The Hall–Kier alpha value is -0.780. The lowest BCUT2D eigenvalue weighted by Gasteiger charge is -2.17. The van der Waals surface area contributed by atoms with Crippen molar-refractivity contribution >= 4 is 0 Å². The summed E-state index contributed by atoms with van der Waals surface area (Å²) in [5.41, 5.74) is 3.97. The molecule has 13 heavy (non-hydrogen) atoms. The van der Waals surface area contributed by atoms with Gasteiger partial charge in [0.05, 0.1) is 0 Å². The van der Waals surface area contributed by atoms with Crippen LogP contribution in [0, 0.1) is 5.92 Å². The van der Waals surface area contributed by atoms with E-state index in [9.17, 15) is 0 Å². The van der Waals surface area contributed by atoms with Crippen molar-refractivity contribution in [2.75, 3.05) is 0 Å². The fourth-order valence-corrected chi connectivity index (χ4v) is 1.23. The zero-order valence-electron chi connectivity index (χ0n) is 9.65. The standard InChI is InChI=1S/C11H16.C2H6/c1-8(2)11-6-5-9(3)10(4)7-11;1-2/h6-7,9H,1,5H2,2-4H3;1-2H3. The Bertz CT molecular complexity index is 228. The van der Waals surface area contributed by atoms with E-state index in [1.807, 2.05) is 13.8 Å². The van der Waals surface area contributed by atoms with Crippen molar-refractivity contribution in [3.05, 3.63) is 35.5 Å². The molecule has 1 unspecified atom stereocenters. The van der Waals surface area contributed by atoms with Crippen molar-refractivity contribution in [3.8, 4) is 0 Å². The van der Waals surface area contributed by atoms with Crippen LogP contribution in [0.1, 0.15) is 41.0 Å². The molecule has 0 aromatic rings. The third-order valence-corrected chi connectivity index (χ3v) is 2.34. The first-order valence-corrected chi connectivity index (χ1v) is 5.15. The van der Waals surface area contributed by atoms with Gasteiger partial charge in [0.25, 0.3) is 0 Å². The van der Waals surface area contributed by atoms with E-state index in [-0.39, 0.29) is 0 Å². The first kappa shape index (κ1) is 12.2. The van der Waals surface area contributed by atoms with Gasteiger partial charge < -0.3 is 0 Å². The van der Waals surface area contributed by atoms with Crippen LogP contribution in [-0.4, -0.2) is 0 Å². The van der Waals surface area contributed by atoms with Gasteiger partial charge in [0, 0.05) is 0 Å². The van der Waals surface area contributed by atoms with Gasteiger partial charge in [0.2, 0.25) is 0 Å². The average Bonchev–Trinajstić information content (AvgIpc) is 2.13. The van der Waals surface area contributed by atoms with Gasteiger partial charge in [-0.05, 0) is 31.8 Å². The Morgan fingerprint density at radius 3 is 2.38 bits per heavy atom. The second-order valence-corrected chi connectivity index (χ2v) is 3.46. The highest BCUT2D eigenvalue weighted by Crippen LogP contribution is 2.25. The summed E-state index contributed by atoms with van der Waals surface area (Å²) in [6.45, 7) is 14.4. The summed E-state index contributed by atoms with van der Waals surface area (Å²) in [5.74, 6) is 0.720. The van der Waals surface area contributed by atoms with Gasteiger partial charge in [-0.3, -0.25) is 0 Å². The Morgan fingerprint density at radius 1 is 1.46 bits per heavy atom. The van der Waals surface area contributed by atoms with Gasteiger partial charge in [-0.1, -0.05) is 50.6 Å². The molecule has 0 heteroatoms. The Morgan fingerprint density at radius 2 is 2.00 bits per heavy atom. The van der Waals surface area contributed by atoms with E-state index in [2.05, 4.69) is 39.5 Å². The van der Waals surface area contributed by atoms with Gasteiger partial charge in [-0.25, -0.2) is 0 Å². The van der Waals surface area contributed by atoms with E-state index < -0.39 is 0 Å². The third-order valence-electron chi connectivity index (χ3n) is 2.34. The highest BCUT2D eigenvalue weighted by Gasteiger charge is 2.08. The molecule has 1 rings (SSSR count). The Kier molecular flexibility index (Phi) is 5.45. The van der Waals surface area contributed by atoms with Crippen molar-refractivity contribution in [1.29, 1.82) is 0 Å². The maximum Gasteiger partial charge on any atom is -0.0196 e. The van der Waals surface area contributed by atoms with E-state index >= 15 is 0 Å². The molecular formula is C13H22. The monoisotopic (exact) mass is 178 g/mol. The zero-order chi connectivity index (χ0) is 10.4. The van der Waals surface area contributed by atoms with Crippen molar-refractivity contribution in [1.82, 2.24) is 0 Å². The molecule has 0 aromatic heterocycles. The quantitative estimate of drug-likeness (QED) is 0.554. The third kappa shape index (κ3) is 3.63. The highest BCUT2D eigenvalue weighted by atomic mass is 14.1. The summed E-state index contributed by atoms with van der Waals surface area (Å²) in [6.07, 6.45) is 5.70. The molecule has 1 aliphatic rings. The highest BCUT2D eigenvalue weighted by molar-refractivity contribution is 5.41. The van der Waals surface area contributed by atoms with Crippen molar-refractivity contribution < 1.29 is 0 Å². The topological polar surface area (TPSA) is 0 Å². The van der Waals surface area contributed by atoms with Gasteiger partial charge in [-0.15, -0.1) is 0 Å². The van der Waals surface area contributed by atoms with Crippen LogP contribution in [0.25, 0.3) is 0 Å². The Labute approximate surface area is 83.0 Å². The second kappa shape index (κ2) is 5.80. The lowest BCUT2D eigenvalue weighted by Crippen LogP contribution is -2.01. The normalized spacial score (nSPS) is 20.8. The summed E-state index contributed by atoms with van der Waals surface area (Å²) in [7, 11) is 0. The predicted octanol–water partition coefficient (Wildman–Crippen LogP) is 4.50. The molecule has 0 fully saturated rings. The van der Waals surface area contributed by atoms with E-state index in [0.717, 1.165) is 5.92 Å². The van der Waals surface area contributed by atoms with Gasteiger partial charge in [0.1, 0.15) is 0 Å². The molecule has 0 radical (unpaired) electrons. The van der Waals surface area contributed by atoms with E-state index in [4.69, 9.17) is 0 Å². The van der Waals surface area contributed by atoms with Crippen molar-refractivity contribution in [2.45, 2.75) is 41.0 Å². The second-order valence-electron chi connectivity index (χ2n) is 3.46. The largest absolute Gasteiger partial charge is 0.0955 e. The molecular weight excluding hydrogens is 156 g/mol. The number of hydrogen-bond acceptors (Lipinski definition) is 0. The van der Waals surface area contributed by atoms with Gasteiger partial charge >= 0.3 is 0 Å². The first-order chi connectivity index (χ1) is 6.11. The number of hydrogen-bond donors (Lipinski definition) is 0. The summed E-state index contributed by atoms with van der Waals surface area (Å²) >= 11 is 0. The van der Waals surface area contributed by atoms with Crippen molar-refractivity contribution in [3.63, 3.8) is 0 Å². The van der Waals surface area contributed by atoms with Crippen LogP contribution in [0.15, 0.2) is 35.5 Å². The fraction of sp³-hybridized carbons (Fsp3) is 0.538. The van der Waals surface area contributed by atoms with Crippen LogP contribution in [0.4, 0.5) is 0 Å². The summed E-state index contributed by atoms with van der Waals surface area (Å²) in [6, 6.07) is 0. The molecule has 0 spiro atoms. The minimum atomic E-state index is 0.720. The van der Waals surface area contributed by atoms with Crippen LogP contribution in [0.5, 0.6) is 0 Å². The molecule has 0 amide bonds. The van der Waals surface area contributed by atoms with Gasteiger partial charge in [-0.2, -0.15) is 0 Å². The number of allylic oxidation sites excluding steroid dienone is 5. The fourth-order valence-electron chi connectivity index (χ4n) is 1.23. The lowest BCUT2D eigenvalue weighted by atomic mass is 9.89. The molecule has 0 saturated carbocycles. The zero-order valence-corrected chi connectivity index (χ0v) is 9.65. The van der Waals surface area contributed by atoms with Crippen LogP contribution in [-0.2, 0) is 0 Å².